The van der Waals surface area contributed by atoms with Gasteiger partial charge in [-0.1, -0.05) is 0 Å². The lowest BCUT2D eigenvalue weighted by atomic mass is 10.1. The van der Waals surface area contributed by atoms with E-state index < -0.39 is 41.7 Å². The Hall–Kier alpha value is -2.91. The van der Waals surface area contributed by atoms with Crippen molar-refractivity contribution in [3.63, 3.8) is 0 Å². The molecule has 0 aliphatic heterocycles. The zero-order valence-electron chi connectivity index (χ0n) is 13.7. The molecule has 10 heteroatoms. The lowest BCUT2D eigenvalue weighted by Crippen LogP contribution is -2.21. The van der Waals surface area contributed by atoms with Gasteiger partial charge in [0.2, 0.25) is 0 Å². The topological polar surface area (TPSA) is 47.6 Å². The molecule has 0 radical (unpaired) electrons. The summed E-state index contributed by atoms with van der Waals surface area (Å²) in [6.45, 7) is -0.607. The average Bonchev–Trinajstić information content (AvgIpc) is 2.58. The fraction of sp³-hybridized carbons (Fsp3) is 0.235. The van der Waals surface area contributed by atoms with Crippen molar-refractivity contribution in [1.82, 2.24) is 0 Å². The van der Waals surface area contributed by atoms with Crippen LogP contribution in [0.5, 0.6) is 11.5 Å². The van der Waals surface area contributed by atoms with E-state index >= 15 is 0 Å². The molecule has 4 nitrogen and oxygen atoms in total. The summed E-state index contributed by atoms with van der Waals surface area (Å²) in [4.78, 5) is 11.8. The number of hydrogen-bond donors (Lipinski definition) is 1. The number of ether oxygens (including phenoxy) is 2. The van der Waals surface area contributed by atoms with Gasteiger partial charge in [-0.3, -0.25) is 4.79 Å². The van der Waals surface area contributed by atoms with Crippen LogP contribution in [0.3, 0.4) is 0 Å². The maximum absolute atomic E-state index is 12.8. The van der Waals surface area contributed by atoms with Crippen molar-refractivity contribution in [2.75, 3.05) is 19.0 Å². The highest BCUT2D eigenvalue weighted by Gasteiger charge is 2.37. The first kappa shape index (κ1) is 20.4. The third kappa shape index (κ3) is 5.80. The van der Waals surface area contributed by atoms with E-state index in [1.54, 1.807) is 12.1 Å². The Morgan fingerprint density at radius 3 is 1.81 bits per heavy atom. The van der Waals surface area contributed by atoms with Gasteiger partial charge in [0.15, 0.2) is 6.61 Å². The molecule has 0 spiro atoms. The predicted octanol–water partition coefficient (Wildman–Crippen LogP) is 4.75. The summed E-state index contributed by atoms with van der Waals surface area (Å²) in [5.74, 6) is -0.111. The molecule has 0 saturated heterocycles. The highest BCUT2D eigenvalue weighted by atomic mass is 19.4. The third-order valence-electron chi connectivity index (χ3n) is 3.30. The second kappa shape index (κ2) is 7.77. The van der Waals surface area contributed by atoms with Crippen molar-refractivity contribution in [3.8, 4) is 11.5 Å². The SMILES string of the molecule is COc1ccc(OCC(=O)Nc2cc(C(F)(F)F)cc(C(F)(F)F)c2)cc1. The van der Waals surface area contributed by atoms with E-state index in [0.29, 0.717) is 17.9 Å². The predicted molar refractivity (Wildman–Crippen MR) is 83.6 cm³/mol. The molecule has 0 atom stereocenters. The fourth-order valence-corrected chi connectivity index (χ4v) is 2.04. The first-order chi connectivity index (χ1) is 12.5. The molecule has 1 amide bonds. The highest BCUT2D eigenvalue weighted by Crippen LogP contribution is 2.37. The van der Waals surface area contributed by atoms with Crippen LogP contribution in [0, 0.1) is 0 Å². The van der Waals surface area contributed by atoms with E-state index in [4.69, 9.17) is 9.47 Å². The van der Waals surface area contributed by atoms with Gasteiger partial charge in [0.1, 0.15) is 11.5 Å². The summed E-state index contributed by atoms with van der Waals surface area (Å²) >= 11 is 0. The number of alkyl halides is 6. The van der Waals surface area contributed by atoms with Crippen LogP contribution >= 0.6 is 0 Å². The molecule has 0 bridgehead atoms. The number of rotatable bonds is 5. The van der Waals surface area contributed by atoms with Crippen molar-refractivity contribution < 1.29 is 40.6 Å². The van der Waals surface area contributed by atoms with E-state index in [1.807, 2.05) is 5.32 Å². The molecule has 2 aromatic carbocycles. The molecule has 27 heavy (non-hydrogen) atoms. The van der Waals surface area contributed by atoms with Gasteiger partial charge >= 0.3 is 12.4 Å². The van der Waals surface area contributed by atoms with Gasteiger partial charge in [0.05, 0.1) is 18.2 Å². The Bertz CT molecular complexity index is 768. The van der Waals surface area contributed by atoms with Gasteiger partial charge in [0.25, 0.3) is 5.91 Å². The van der Waals surface area contributed by atoms with Crippen LogP contribution in [-0.4, -0.2) is 19.6 Å². The lowest BCUT2D eigenvalue weighted by molar-refractivity contribution is -0.143. The van der Waals surface area contributed by atoms with Gasteiger partial charge in [-0.15, -0.1) is 0 Å². The minimum Gasteiger partial charge on any atom is -0.497 e. The molecule has 0 fully saturated rings. The van der Waals surface area contributed by atoms with Crippen LogP contribution in [0.4, 0.5) is 32.0 Å². The van der Waals surface area contributed by atoms with E-state index in [9.17, 15) is 31.1 Å². The number of anilines is 1. The van der Waals surface area contributed by atoms with E-state index in [-0.39, 0.29) is 11.8 Å². The number of halogens is 6. The van der Waals surface area contributed by atoms with Gasteiger partial charge in [-0.05, 0) is 42.5 Å². The fourth-order valence-electron chi connectivity index (χ4n) is 2.04. The largest absolute Gasteiger partial charge is 0.497 e. The maximum atomic E-state index is 12.8. The smallest absolute Gasteiger partial charge is 0.416 e. The van der Waals surface area contributed by atoms with Crippen LogP contribution in [0.1, 0.15) is 11.1 Å². The zero-order valence-corrected chi connectivity index (χ0v) is 13.7. The summed E-state index contributed by atoms with van der Waals surface area (Å²) in [6, 6.07) is 6.88. The number of benzene rings is 2. The second-order valence-electron chi connectivity index (χ2n) is 5.31. The number of carbonyl (C=O) groups excluding carboxylic acids is 1. The van der Waals surface area contributed by atoms with Gasteiger partial charge in [-0.2, -0.15) is 26.3 Å². The molecule has 0 heterocycles. The van der Waals surface area contributed by atoms with Crippen molar-refractivity contribution in [3.05, 3.63) is 53.6 Å². The van der Waals surface area contributed by atoms with E-state index in [1.165, 1.54) is 19.2 Å². The van der Waals surface area contributed by atoms with Gasteiger partial charge in [-0.25, -0.2) is 0 Å². The first-order valence-electron chi connectivity index (χ1n) is 7.35. The molecule has 0 aliphatic carbocycles. The van der Waals surface area contributed by atoms with Crippen LogP contribution < -0.4 is 14.8 Å². The van der Waals surface area contributed by atoms with Crippen LogP contribution in [0.15, 0.2) is 42.5 Å². The average molecular weight is 393 g/mol. The Labute approximate surface area is 149 Å². The van der Waals surface area contributed by atoms with Gasteiger partial charge < -0.3 is 14.8 Å². The minimum atomic E-state index is -5.00. The Balaban J connectivity index is 2.11. The molecule has 1 N–H and O–H groups in total. The normalized spacial score (nSPS) is 11.8. The molecule has 0 saturated carbocycles. The monoisotopic (exact) mass is 393 g/mol. The summed E-state index contributed by atoms with van der Waals surface area (Å²) < 4.78 is 86.8. The number of carbonyl (C=O) groups is 1. The highest BCUT2D eigenvalue weighted by molar-refractivity contribution is 5.92. The van der Waals surface area contributed by atoms with E-state index in [2.05, 4.69) is 0 Å². The molecule has 2 aromatic rings. The summed E-state index contributed by atoms with van der Waals surface area (Å²) in [6.07, 6.45) is -10.00. The molecular weight excluding hydrogens is 380 g/mol. The molecule has 0 aromatic heterocycles. The van der Waals surface area contributed by atoms with Crippen molar-refractivity contribution in [1.29, 1.82) is 0 Å². The third-order valence-corrected chi connectivity index (χ3v) is 3.30. The zero-order chi connectivity index (χ0) is 20.2. The molecular formula is C17H13F6NO3. The second-order valence-corrected chi connectivity index (χ2v) is 5.31. The van der Waals surface area contributed by atoms with Crippen molar-refractivity contribution >= 4 is 11.6 Å². The number of nitrogens with one attached hydrogen (secondary N) is 1. The van der Waals surface area contributed by atoms with E-state index in [0.717, 1.165) is 0 Å². The minimum absolute atomic E-state index is 0.0243. The maximum Gasteiger partial charge on any atom is 0.416 e. The molecule has 0 unspecified atom stereocenters. The van der Waals surface area contributed by atoms with Gasteiger partial charge in [0, 0.05) is 5.69 Å². The number of hydrogen-bond acceptors (Lipinski definition) is 3. The Kier molecular flexibility index (Phi) is 5.87. The standard InChI is InChI=1S/C17H13F6NO3/c1-26-13-2-4-14(5-3-13)27-9-15(25)24-12-7-10(16(18,19)20)6-11(8-12)17(21,22)23/h2-8H,9H2,1H3,(H,24,25). The van der Waals surface area contributed by atoms with Crippen LogP contribution in [-0.2, 0) is 17.1 Å². The summed E-state index contributed by atoms with van der Waals surface area (Å²) in [5.41, 5.74) is -3.69. The quantitative estimate of drug-likeness (QED) is 0.746. The first-order valence-corrected chi connectivity index (χ1v) is 7.35. The Morgan fingerprint density at radius 2 is 1.37 bits per heavy atom. The van der Waals surface area contributed by atoms with Crippen molar-refractivity contribution in [2.45, 2.75) is 12.4 Å². The van der Waals surface area contributed by atoms with Crippen molar-refractivity contribution in [2.24, 2.45) is 0 Å². The number of amides is 1. The Morgan fingerprint density at radius 1 is 0.889 bits per heavy atom. The number of methoxy groups -OCH3 is 1. The van der Waals surface area contributed by atoms with Crippen LogP contribution in [0.25, 0.3) is 0 Å². The molecule has 146 valence electrons. The molecule has 0 aliphatic rings. The summed E-state index contributed by atoms with van der Waals surface area (Å²) in [7, 11) is 1.45. The summed E-state index contributed by atoms with van der Waals surface area (Å²) in [5, 5.41) is 1.97. The van der Waals surface area contributed by atoms with Crippen LogP contribution in [0.2, 0.25) is 0 Å². The molecule has 2 rings (SSSR count). The lowest BCUT2D eigenvalue weighted by Gasteiger charge is -2.15.